The molecular weight excluding hydrogens is 302 g/mol. The number of hydrogen-bond donors (Lipinski definition) is 1. The Balaban J connectivity index is 2.50. The van der Waals surface area contributed by atoms with Gasteiger partial charge in [-0.15, -0.1) is 0 Å². The second-order valence-electron chi connectivity index (χ2n) is 4.52. The second-order valence-corrected chi connectivity index (χ2v) is 5.44. The quantitative estimate of drug-likeness (QED) is 0.917. The third-order valence-corrected chi connectivity index (χ3v) is 3.66. The van der Waals surface area contributed by atoms with Crippen LogP contribution in [-0.2, 0) is 0 Å². The first-order valence-corrected chi connectivity index (χ1v) is 7.02. The maximum Gasteiger partial charge on any atom is 0.123 e. The maximum absolute atomic E-state index is 5.48. The van der Waals surface area contributed by atoms with Gasteiger partial charge in [0, 0.05) is 10.0 Å². The van der Waals surface area contributed by atoms with Crippen molar-refractivity contribution >= 4 is 15.9 Å². The lowest BCUT2D eigenvalue weighted by molar-refractivity contribution is 0.405. The largest absolute Gasteiger partial charge is 0.496 e. The van der Waals surface area contributed by atoms with E-state index in [1.807, 2.05) is 25.2 Å². The number of hydrogen-bond acceptors (Lipinski definition) is 2. The molecule has 3 heteroatoms. The van der Waals surface area contributed by atoms with Gasteiger partial charge in [-0.3, -0.25) is 0 Å². The van der Waals surface area contributed by atoms with E-state index < -0.39 is 0 Å². The van der Waals surface area contributed by atoms with Gasteiger partial charge in [-0.1, -0.05) is 45.8 Å². The van der Waals surface area contributed by atoms with E-state index in [2.05, 4.69) is 52.4 Å². The smallest absolute Gasteiger partial charge is 0.123 e. The van der Waals surface area contributed by atoms with Crippen molar-refractivity contribution in [1.29, 1.82) is 0 Å². The van der Waals surface area contributed by atoms with Crippen LogP contribution < -0.4 is 10.1 Å². The Morgan fingerprint density at radius 3 is 2.58 bits per heavy atom. The summed E-state index contributed by atoms with van der Waals surface area (Å²) in [7, 11) is 3.68. The van der Waals surface area contributed by atoms with Gasteiger partial charge in [0.1, 0.15) is 5.75 Å². The highest BCUT2D eigenvalue weighted by atomic mass is 79.9. The minimum atomic E-state index is 0.118. The van der Waals surface area contributed by atoms with Gasteiger partial charge in [-0.05, 0) is 37.7 Å². The highest BCUT2D eigenvalue weighted by molar-refractivity contribution is 9.10. The Labute approximate surface area is 122 Å². The summed E-state index contributed by atoms with van der Waals surface area (Å²) in [6.45, 7) is 2.09. The van der Waals surface area contributed by atoms with E-state index in [9.17, 15) is 0 Å². The highest BCUT2D eigenvalue weighted by Gasteiger charge is 2.16. The molecule has 0 fully saturated rings. The van der Waals surface area contributed by atoms with Crippen LogP contribution in [0.1, 0.15) is 22.7 Å². The van der Waals surface area contributed by atoms with Gasteiger partial charge in [-0.25, -0.2) is 0 Å². The lowest BCUT2D eigenvalue weighted by atomic mass is 9.96. The Hall–Kier alpha value is -1.32. The van der Waals surface area contributed by atoms with E-state index in [1.165, 1.54) is 11.1 Å². The van der Waals surface area contributed by atoms with E-state index in [-0.39, 0.29) is 6.04 Å². The first-order chi connectivity index (χ1) is 9.15. The number of aryl methyl sites for hydroxylation is 1. The van der Waals surface area contributed by atoms with Crippen LogP contribution in [0.15, 0.2) is 46.9 Å². The second kappa shape index (κ2) is 6.22. The van der Waals surface area contributed by atoms with Crippen molar-refractivity contribution in [3.63, 3.8) is 0 Å². The minimum absolute atomic E-state index is 0.118. The lowest BCUT2D eigenvalue weighted by Gasteiger charge is -2.20. The molecule has 2 aromatic carbocycles. The third-order valence-electron chi connectivity index (χ3n) is 3.17. The number of halogens is 1. The zero-order valence-corrected chi connectivity index (χ0v) is 13.0. The Morgan fingerprint density at radius 2 is 1.95 bits per heavy atom. The minimum Gasteiger partial charge on any atom is -0.496 e. The Morgan fingerprint density at radius 1 is 1.16 bits per heavy atom. The van der Waals surface area contributed by atoms with Gasteiger partial charge >= 0.3 is 0 Å². The highest BCUT2D eigenvalue weighted by Crippen LogP contribution is 2.31. The van der Waals surface area contributed by atoms with Gasteiger partial charge in [-0.2, -0.15) is 0 Å². The molecule has 0 aliphatic heterocycles. The summed E-state index contributed by atoms with van der Waals surface area (Å²) in [5.74, 6) is 0.907. The molecule has 1 atom stereocenters. The summed E-state index contributed by atoms with van der Waals surface area (Å²) in [5.41, 5.74) is 3.59. The van der Waals surface area contributed by atoms with Crippen LogP contribution in [0.4, 0.5) is 0 Å². The number of benzene rings is 2. The molecule has 0 aliphatic rings. The molecule has 1 unspecified atom stereocenters. The van der Waals surface area contributed by atoms with Gasteiger partial charge in [0.05, 0.1) is 13.2 Å². The van der Waals surface area contributed by atoms with Crippen molar-refractivity contribution in [2.24, 2.45) is 0 Å². The van der Waals surface area contributed by atoms with Crippen molar-refractivity contribution in [1.82, 2.24) is 5.32 Å². The molecule has 100 valence electrons. The number of rotatable bonds is 4. The average Bonchev–Trinajstić information content (AvgIpc) is 2.40. The zero-order chi connectivity index (χ0) is 13.8. The molecule has 0 spiro atoms. The summed E-state index contributed by atoms with van der Waals surface area (Å²) in [4.78, 5) is 0. The van der Waals surface area contributed by atoms with E-state index in [0.717, 1.165) is 15.8 Å². The molecule has 2 aromatic rings. The average molecular weight is 320 g/mol. The van der Waals surface area contributed by atoms with Crippen LogP contribution in [0.2, 0.25) is 0 Å². The molecule has 0 radical (unpaired) electrons. The predicted octanol–water partition coefficient (Wildman–Crippen LogP) is 4.07. The summed E-state index contributed by atoms with van der Waals surface area (Å²) >= 11 is 3.52. The van der Waals surface area contributed by atoms with E-state index in [0.29, 0.717) is 0 Å². The molecule has 19 heavy (non-hydrogen) atoms. The standard InChI is InChI=1S/C16H18BrNO/c1-11-7-8-15(19-3)14(9-11)16(18-2)12-5-4-6-13(17)10-12/h4-10,16,18H,1-3H3. The van der Waals surface area contributed by atoms with Crippen molar-refractivity contribution in [3.05, 3.63) is 63.6 Å². The first-order valence-electron chi connectivity index (χ1n) is 6.23. The third kappa shape index (κ3) is 3.17. The number of ether oxygens (including phenoxy) is 1. The molecule has 1 N–H and O–H groups in total. The fourth-order valence-electron chi connectivity index (χ4n) is 2.27. The van der Waals surface area contributed by atoms with Crippen LogP contribution in [0.25, 0.3) is 0 Å². The van der Waals surface area contributed by atoms with Crippen molar-refractivity contribution < 1.29 is 4.74 Å². The van der Waals surface area contributed by atoms with Crippen LogP contribution in [-0.4, -0.2) is 14.2 Å². The molecular formula is C16H18BrNO. The molecule has 0 saturated carbocycles. The van der Waals surface area contributed by atoms with E-state index in [4.69, 9.17) is 4.74 Å². The molecule has 0 bridgehead atoms. The van der Waals surface area contributed by atoms with E-state index >= 15 is 0 Å². The van der Waals surface area contributed by atoms with Crippen molar-refractivity contribution in [3.8, 4) is 5.75 Å². The maximum atomic E-state index is 5.48. The van der Waals surface area contributed by atoms with Gasteiger partial charge in [0.15, 0.2) is 0 Å². The Kier molecular flexibility index (Phi) is 4.61. The fraction of sp³-hybridized carbons (Fsp3) is 0.250. The molecule has 0 aliphatic carbocycles. The Bertz CT molecular complexity index is 568. The number of methoxy groups -OCH3 is 1. The normalized spacial score (nSPS) is 12.2. The van der Waals surface area contributed by atoms with Gasteiger partial charge in [0.2, 0.25) is 0 Å². The van der Waals surface area contributed by atoms with Crippen LogP contribution in [0.3, 0.4) is 0 Å². The monoisotopic (exact) mass is 319 g/mol. The van der Waals surface area contributed by atoms with Crippen LogP contribution in [0.5, 0.6) is 5.75 Å². The van der Waals surface area contributed by atoms with Gasteiger partial charge in [0.25, 0.3) is 0 Å². The van der Waals surface area contributed by atoms with Gasteiger partial charge < -0.3 is 10.1 Å². The molecule has 0 saturated heterocycles. The molecule has 0 heterocycles. The summed E-state index contributed by atoms with van der Waals surface area (Å²) in [6, 6.07) is 14.7. The van der Waals surface area contributed by atoms with Crippen molar-refractivity contribution in [2.45, 2.75) is 13.0 Å². The summed E-state index contributed by atoms with van der Waals surface area (Å²) in [6.07, 6.45) is 0. The molecule has 0 amide bonds. The predicted molar refractivity (Wildman–Crippen MR) is 82.8 cm³/mol. The summed E-state index contributed by atoms with van der Waals surface area (Å²) in [5, 5.41) is 3.36. The topological polar surface area (TPSA) is 21.3 Å². The zero-order valence-electron chi connectivity index (χ0n) is 11.4. The molecule has 2 nitrogen and oxygen atoms in total. The first kappa shape index (κ1) is 14.1. The number of nitrogens with one attached hydrogen (secondary N) is 1. The van der Waals surface area contributed by atoms with Crippen LogP contribution in [0, 0.1) is 6.92 Å². The summed E-state index contributed by atoms with van der Waals surface area (Å²) < 4.78 is 6.56. The lowest BCUT2D eigenvalue weighted by Crippen LogP contribution is -2.18. The fourth-order valence-corrected chi connectivity index (χ4v) is 2.68. The molecule has 2 rings (SSSR count). The van der Waals surface area contributed by atoms with E-state index in [1.54, 1.807) is 7.11 Å². The molecule has 0 aromatic heterocycles. The SMILES string of the molecule is CNC(c1cccc(Br)c1)c1cc(C)ccc1OC. The van der Waals surface area contributed by atoms with Crippen LogP contribution >= 0.6 is 15.9 Å². The van der Waals surface area contributed by atoms with Crippen molar-refractivity contribution in [2.75, 3.05) is 14.2 Å².